The zero-order valence-corrected chi connectivity index (χ0v) is 9.44. The molecule has 0 heterocycles. The number of hydrogen-bond acceptors (Lipinski definition) is 5. The normalized spacial score (nSPS) is 16.2. The van der Waals surface area contributed by atoms with E-state index in [0.29, 0.717) is 0 Å². The molecule has 0 aliphatic heterocycles. The van der Waals surface area contributed by atoms with E-state index in [1.165, 1.54) is 0 Å². The van der Waals surface area contributed by atoms with Crippen LogP contribution in [-0.4, -0.2) is 36.5 Å². The van der Waals surface area contributed by atoms with E-state index in [9.17, 15) is 39.7 Å². The summed E-state index contributed by atoms with van der Waals surface area (Å²) in [6, 6.07) is 0. The summed E-state index contributed by atoms with van der Waals surface area (Å²) in [5, 5.41) is -6.15. The fourth-order valence-corrected chi connectivity index (χ4v) is 1.10. The van der Waals surface area contributed by atoms with Gasteiger partial charge in [-0.3, -0.25) is 0 Å². The average Bonchev–Trinajstić information content (AvgIpc) is 2.14. The van der Waals surface area contributed by atoms with E-state index in [2.05, 4.69) is 11.3 Å². The van der Waals surface area contributed by atoms with Gasteiger partial charge in [-0.15, -0.1) is 0 Å². The standard InChI is InChI=1S/C7H7F5O5S/c1-3(2)4(13)17-6(10,5(8)9)7(11,12)18(14,15)16/h5H,1H2,2H3,(H,14,15,16)/p-1. The number of hydrogen-bond donors (Lipinski definition) is 0. The first-order chi connectivity index (χ1) is 7.77. The topological polar surface area (TPSA) is 83.5 Å². The highest BCUT2D eigenvalue weighted by Crippen LogP contribution is 2.42. The van der Waals surface area contributed by atoms with Crippen LogP contribution in [0.2, 0.25) is 0 Å². The van der Waals surface area contributed by atoms with Gasteiger partial charge in [-0.2, -0.15) is 13.2 Å². The quantitative estimate of drug-likeness (QED) is 0.329. The van der Waals surface area contributed by atoms with Crippen molar-refractivity contribution in [2.75, 3.05) is 0 Å². The fourth-order valence-electron chi connectivity index (χ4n) is 0.623. The molecule has 0 saturated carbocycles. The first kappa shape index (κ1) is 16.8. The molecular weight excluding hydrogens is 291 g/mol. The van der Waals surface area contributed by atoms with Crippen LogP contribution in [0, 0.1) is 0 Å². The van der Waals surface area contributed by atoms with Gasteiger partial charge in [0.25, 0.3) is 0 Å². The maximum absolute atomic E-state index is 13.2. The molecule has 0 bridgehead atoms. The number of rotatable bonds is 5. The average molecular weight is 297 g/mol. The summed E-state index contributed by atoms with van der Waals surface area (Å²) < 4.78 is 96.4. The van der Waals surface area contributed by atoms with E-state index < -0.39 is 39.2 Å². The molecule has 0 aromatic carbocycles. The minimum Gasteiger partial charge on any atom is -0.743 e. The van der Waals surface area contributed by atoms with Crippen molar-refractivity contribution in [3.8, 4) is 0 Å². The summed E-state index contributed by atoms with van der Waals surface area (Å²) in [6.07, 6.45) is -4.76. The van der Waals surface area contributed by atoms with Crippen molar-refractivity contribution in [2.45, 2.75) is 24.5 Å². The van der Waals surface area contributed by atoms with Gasteiger partial charge in [-0.1, -0.05) is 6.58 Å². The third kappa shape index (κ3) is 2.77. The van der Waals surface area contributed by atoms with Gasteiger partial charge in [0, 0.05) is 5.57 Å². The second-order valence-corrected chi connectivity index (χ2v) is 4.51. The lowest BCUT2D eigenvalue weighted by atomic mass is 10.3. The van der Waals surface area contributed by atoms with Crippen molar-refractivity contribution in [3.63, 3.8) is 0 Å². The summed E-state index contributed by atoms with van der Waals surface area (Å²) in [5.41, 5.74) is -0.753. The van der Waals surface area contributed by atoms with Crippen LogP contribution < -0.4 is 0 Å². The van der Waals surface area contributed by atoms with Crippen LogP contribution >= 0.6 is 0 Å². The largest absolute Gasteiger partial charge is 0.743 e. The molecule has 0 amide bonds. The summed E-state index contributed by atoms with van der Waals surface area (Å²) in [7, 11) is -6.82. The van der Waals surface area contributed by atoms with E-state index in [-0.39, 0.29) is 0 Å². The second kappa shape index (κ2) is 4.80. The van der Waals surface area contributed by atoms with Crippen molar-refractivity contribution in [1.29, 1.82) is 0 Å². The van der Waals surface area contributed by atoms with Crippen LogP contribution in [-0.2, 0) is 19.6 Å². The second-order valence-electron chi connectivity index (χ2n) is 3.09. The maximum atomic E-state index is 13.2. The van der Waals surface area contributed by atoms with E-state index in [1.54, 1.807) is 0 Å². The molecule has 11 heteroatoms. The molecule has 5 nitrogen and oxygen atoms in total. The fraction of sp³-hybridized carbons (Fsp3) is 0.571. The molecule has 0 aromatic heterocycles. The van der Waals surface area contributed by atoms with Crippen molar-refractivity contribution in [2.24, 2.45) is 0 Å². The van der Waals surface area contributed by atoms with Crippen LogP contribution in [0.3, 0.4) is 0 Å². The SMILES string of the molecule is C=C(C)C(=O)OC(F)(C(F)F)C(F)(F)S(=O)(=O)[O-]. The van der Waals surface area contributed by atoms with Crippen LogP contribution in [0.15, 0.2) is 12.2 Å². The Balaban J connectivity index is 5.70. The Hall–Kier alpha value is -1.23. The molecule has 1 atom stereocenters. The third-order valence-electron chi connectivity index (χ3n) is 1.58. The Labute approximate surface area is 98.0 Å². The lowest BCUT2D eigenvalue weighted by Gasteiger charge is -2.32. The Kier molecular flexibility index (Phi) is 4.47. The van der Waals surface area contributed by atoms with Gasteiger partial charge in [0.1, 0.15) is 0 Å². The Bertz CT molecular complexity index is 459. The van der Waals surface area contributed by atoms with Crippen molar-refractivity contribution < 1.29 is 44.5 Å². The number of alkyl halides is 5. The predicted molar refractivity (Wildman–Crippen MR) is 45.4 cm³/mol. The van der Waals surface area contributed by atoms with E-state index >= 15 is 0 Å². The summed E-state index contributed by atoms with van der Waals surface area (Å²) >= 11 is 0. The van der Waals surface area contributed by atoms with Crippen LogP contribution in [0.5, 0.6) is 0 Å². The summed E-state index contributed by atoms with van der Waals surface area (Å²) in [4.78, 5) is 10.7. The van der Waals surface area contributed by atoms with Gasteiger partial charge < -0.3 is 9.29 Å². The zero-order chi connectivity index (χ0) is 14.9. The molecule has 1 unspecified atom stereocenters. The molecule has 0 radical (unpaired) electrons. The smallest absolute Gasteiger partial charge is 0.408 e. The molecule has 0 aliphatic rings. The van der Waals surface area contributed by atoms with Gasteiger partial charge in [0.05, 0.1) is 0 Å². The highest BCUT2D eigenvalue weighted by molar-refractivity contribution is 7.86. The minimum absolute atomic E-state index is 0.753. The molecule has 0 aliphatic carbocycles. The molecule has 0 N–H and O–H groups in total. The minimum atomic E-state index is -6.82. The molecule has 0 spiro atoms. The van der Waals surface area contributed by atoms with Crippen molar-refractivity contribution in [3.05, 3.63) is 12.2 Å². The summed E-state index contributed by atoms with van der Waals surface area (Å²) in [5.74, 6) is -7.63. The van der Waals surface area contributed by atoms with E-state index in [1.807, 2.05) is 0 Å². The lowest BCUT2D eigenvalue weighted by molar-refractivity contribution is -0.281. The van der Waals surface area contributed by atoms with Gasteiger partial charge in [0.15, 0.2) is 10.1 Å². The van der Waals surface area contributed by atoms with Gasteiger partial charge in [-0.05, 0) is 6.92 Å². The molecule has 0 saturated heterocycles. The third-order valence-corrected chi connectivity index (χ3v) is 2.49. The molecule has 0 rings (SSSR count). The molecule has 0 aromatic rings. The van der Waals surface area contributed by atoms with E-state index in [0.717, 1.165) is 6.92 Å². The molecule has 106 valence electrons. The Morgan fingerprint density at radius 1 is 1.33 bits per heavy atom. The highest BCUT2D eigenvalue weighted by Gasteiger charge is 2.69. The van der Waals surface area contributed by atoms with E-state index in [4.69, 9.17) is 0 Å². The number of esters is 1. The Morgan fingerprint density at radius 3 is 1.94 bits per heavy atom. The summed E-state index contributed by atoms with van der Waals surface area (Å²) in [6.45, 7) is 3.59. The first-order valence-corrected chi connectivity index (χ1v) is 5.37. The number of halogens is 5. The molecular formula is C7H6F5O5S-. The van der Waals surface area contributed by atoms with Crippen LogP contribution in [0.4, 0.5) is 22.0 Å². The number of carbonyl (C=O) groups excluding carboxylic acids is 1. The first-order valence-electron chi connectivity index (χ1n) is 3.96. The lowest BCUT2D eigenvalue weighted by Crippen LogP contribution is -2.57. The monoisotopic (exact) mass is 297 g/mol. The molecule has 0 fully saturated rings. The van der Waals surface area contributed by atoms with Gasteiger partial charge >= 0.3 is 23.5 Å². The van der Waals surface area contributed by atoms with Crippen molar-refractivity contribution >= 4 is 16.1 Å². The number of carbonyl (C=O) groups is 1. The molecule has 18 heavy (non-hydrogen) atoms. The zero-order valence-electron chi connectivity index (χ0n) is 8.62. The van der Waals surface area contributed by atoms with Crippen molar-refractivity contribution in [1.82, 2.24) is 0 Å². The maximum Gasteiger partial charge on any atom is 0.408 e. The predicted octanol–water partition coefficient (Wildman–Crippen LogP) is 1.17. The van der Waals surface area contributed by atoms with Gasteiger partial charge in [0.2, 0.25) is 0 Å². The van der Waals surface area contributed by atoms with Crippen LogP contribution in [0.1, 0.15) is 6.92 Å². The Morgan fingerprint density at radius 2 is 1.72 bits per heavy atom. The highest BCUT2D eigenvalue weighted by atomic mass is 32.2. The number of ether oxygens (including phenoxy) is 1. The van der Waals surface area contributed by atoms with Gasteiger partial charge in [-0.25, -0.2) is 22.0 Å². The van der Waals surface area contributed by atoms with Crippen LogP contribution in [0.25, 0.3) is 0 Å².